The van der Waals surface area contributed by atoms with Crippen LogP contribution >= 0.6 is 0 Å². The monoisotopic (exact) mass is 263 g/mol. The second-order valence-electron chi connectivity index (χ2n) is 7.44. The Hall–Kier alpha value is -0.570. The average molecular weight is 263 g/mol. The van der Waals surface area contributed by atoms with Gasteiger partial charge in [0.1, 0.15) is 0 Å². The van der Waals surface area contributed by atoms with Crippen LogP contribution in [0, 0.1) is 23.2 Å². The molecule has 4 bridgehead atoms. The standard InChI is InChI=1S/C16H25NO2/c18-15(17-3-5-19-6-4-17)16-9-12-1-2-13(10-16)8-14(7-12)11-16/h12-14H,1-11H2/t12-,13+,14?,16?. The third kappa shape index (κ3) is 2.01. The van der Waals surface area contributed by atoms with Crippen LogP contribution in [0.3, 0.4) is 0 Å². The zero-order valence-corrected chi connectivity index (χ0v) is 11.8. The lowest BCUT2D eigenvalue weighted by molar-refractivity contribution is -0.154. The number of carbonyl (C=O) groups excluding carboxylic acids is 1. The lowest BCUT2D eigenvalue weighted by atomic mass is 9.58. The third-order valence-corrected chi connectivity index (χ3v) is 6.11. The first-order valence-corrected chi connectivity index (χ1v) is 8.12. The number of hydrogen-bond donors (Lipinski definition) is 0. The van der Waals surface area contributed by atoms with Crippen molar-refractivity contribution in [3.05, 3.63) is 0 Å². The molecule has 5 rings (SSSR count). The molecule has 5 aliphatic rings. The van der Waals surface area contributed by atoms with Gasteiger partial charge in [-0.1, -0.05) is 12.8 Å². The third-order valence-electron chi connectivity index (χ3n) is 6.11. The summed E-state index contributed by atoms with van der Waals surface area (Å²) in [4.78, 5) is 15.2. The summed E-state index contributed by atoms with van der Waals surface area (Å²) in [7, 11) is 0. The van der Waals surface area contributed by atoms with Crippen molar-refractivity contribution in [1.82, 2.24) is 4.90 Å². The molecule has 19 heavy (non-hydrogen) atoms. The zero-order chi connectivity index (χ0) is 12.9. The van der Waals surface area contributed by atoms with Gasteiger partial charge >= 0.3 is 0 Å². The molecule has 0 radical (unpaired) electrons. The molecule has 4 atom stereocenters. The van der Waals surface area contributed by atoms with Gasteiger partial charge in [-0.2, -0.15) is 0 Å². The van der Waals surface area contributed by atoms with Gasteiger partial charge < -0.3 is 9.64 Å². The largest absolute Gasteiger partial charge is 0.378 e. The van der Waals surface area contributed by atoms with Gasteiger partial charge in [0, 0.05) is 13.1 Å². The van der Waals surface area contributed by atoms with Crippen molar-refractivity contribution in [3.63, 3.8) is 0 Å². The van der Waals surface area contributed by atoms with E-state index in [1.807, 2.05) is 0 Å². The molecular weight excluding hydrogens is 238 g/mol. The average Bonchev–Trinajstić information content (AvgIpc) is 2.65. The number of rotatable bonds is 1. The Morgan fingerprint density at radius 3 is 2.16 bits per heavy atom. The summed E-state index contributed by atoms with van der Waals surface area (Å²) in [5.74, 6) is 3.02. The van der Waals surface area contributed by atoms with Gasteiger partial charge in [-0.15, -0.1) is 0 Å². The molecule has 2 unspecified atom stereocenters. The summed E-state index contributed by atoms with van der Waals surface area (Å²) < 4.78 is 5.40. The maximum Gasteiger partial charge on any atom is 0.228 e. The number of carbonyl (C=O) groups is 1. The number of nitrogens with zero attached hydrogens (tertiary/aromatic N) is 1. The Morgan fingerprint density at radius 2 is 1.53 bits per heavy atom. The van der Waals surface area contributed by atoms with Crippen molar-refractivity contribution < 1.29 is 9.53 Å². The molecule has 4 saturated carbocycles. The van der Waals surface area contributed by atoms with E-state index in [9.17, 15) is 4.79 Å². The van der Waals surface area contributed by atoms with E-state index in [1.165, 1.54) is 44.9 Å². The summed E-state index contributed by atoms with van der Waals surface area (Å²) in [6, 6.07) is 0. The summed E-state index contributed by atoms with van der Waals surface area (Å²) in [5, 5.41) is 0. The Kier molecular flexibility index (Phi) is 2.87. The number of hydrogen-bond acceptors (Lipinski definition) is 2. The smallest absolute Gasteiger partial charge is 0.228 e. The van der Waals surface area contributed by atoms with Crippen LogP contribution in [0.25, 0.3) is 0 Å². The van der Waals surface area contributed by atoms with Crippen molar-refractivity contribution in [2.24, 2.45) is 23.2 Å². The first-order chi connectivity index (χ1) is 9.25. The van der Waals surface area contributed by atoms with Gasteiger partial charge in [-0.05, 0) is 49.9 Å². The van der Waals surface area contributed by atoms with Crippen LogP contribution in [0.4, 0.5) is 0 Å². The second-order valence-corrected chi connectivity index (χ2v) is 7.44. The molecule has 1 heterocycles. The van der Waals surface area contributed by atoms with Crippen LogP contribution in [0.2, 0.25) is 0 Å². The van der Waals surface area contributed by atoms with Gasteiger partial charge in [-0.3, -0.25) is 4.79 Å². The van der Waals surface area contributed by atoms with Crippen LogP contribution in [0.5, 0.6) is 0 Å². The normalized spacial score (nSPS) is 45.3. The highest BCUT2D eigenvalue weighted by Gasteiger charge is 2.53. The van der Waals surface area contributed by atoms with Crippen molar-refractivity contribution in [2.75, 3.05) is 26.3 Å². The number of ether oxygens (including phenoxy) is 1. The quantitative estimate of drug-likeness (QED) is 0.727. The van der Waals surface area contributed by atoms with Crippen molar-refractivity contribution >= 4 is 5.91 Å². The fourth-order valence-electron chi connectivity index (χ4n) is 5.56. The molecule has 0 aromatic carbocycles. The van der Waals surface area contributed by atoms with Crippen LogP contribution in [-0.4, -0.2) is 37.1 Å². The van der Waals surface area contributed by atoms with Crippen LogP contribution < -0.4 is 0 Å². The van der Waals surface area contributed by atoms with Gasteiger partial charge in [0.25, 0.3) is 0 Å². The summed E-state index contributed by atoms with van der Waals surface area (Å²) in [6.07, 6.45) is 9.17. The van der Waals surface area contributed by atoms with E-state index < -0.39 is 0 Å². The Bertz CT molecular complexity index is 359. The van der Waals surface area contributed by atoms with E-state index in [2.05, 4.69) is 4.90 Å². The predicted octanol–water partition coefficient (Wildman–Crippen LogP) is 2.45. The lowest BCUT2D eigenvalue weighted by Crippen LogP contribution is -2.53. The van der Waals surface area contributed by atoms with E-state index in [0.29, 0.717) is 5.91 Å². The van der Waals surface area contributed by atoms with E-state index in [0.717, 1.165) is 44.1 Å². The number of amides is 1. The fourth-order valence-corrected chi connectivity index (χ4v) is 5.56. The molecule has 106 valence electrons. The summed E-state index contributed by atoms with van der Waals surface area (Å²) >= 11 is 0. The number of morpholine rings is 1. The first kappa shape index (κ1) is 12.2. The molecule has 3 heteroatoms. The maximum atomic E-state index is 13.1. The van der Waals surface area contributed by atoms with Crippen molar-refractivity contribution in [2.45, 2.75) is 44.9 Å². The molecule has 1 saturated heterocycles. The molecule has 1 amide bonds. The van der Waals surface area contributed by atoms with E-state index in [-0.39, 0.29) is 5.41 Å². The van der Waals surface area contributed by atoms with Gasteiger partial charge in [-0.25, -0.2) is 0 Å². The van der Waals surface area contributed by atoms with Crippen LogP contribution in [0.15, 0.2) is 0 Å². The fraction of sp³-hybridized carbons (Fsp3) is 0.938. The van der Waals surface area contributed by atoms with Crippen LogP contribution in [0.1, 0.15) is 44.9 Å². The molecule has 0 aromatic rings. The lowest BCUT2D eigenvalue weighted by Gasteiger charge is -2.49. The van der Waals surface area contributed by atoms with Crippen molar-refractivity contribution in [3.8, 4) is 0 Å². The predicted molar refractivity (Wildman–Crippen MR) is 72.6 cm³/mol. The van der Waals surface area contributed by atoms with Gasteiger partial charge in [0.05, 0.1) is 18.6 Å². The summed E-state index contributed by atoms with van der Waals surface area (Å²) in [5.41, 5.74) is 0.0321. The molecule has 0 spiro atoms. The number of fused-ring (bicyclic) bond motifs is 1. The minimum atomic E-state index is 0.0321. The Labute approximate surface area is 115 Å². The first-order valence-electron chi connectivity index (χ1n) is 8.12. The van der Waals surface area contributed by atoms with Gasteiger partial charge in [0.2, 0.25) is 5.91 Å². The van der Waals surface area contributed by atoms with E-state index in [1.54, 1.807) is 0 Å². The van der Waals surface area contributed by atoms with Crippen LogP contribution in [-0.2, 0) is 9.53 Å². The SMILES string of the molecule is O=C(N1CCOCC1)C12CC3C[C@@H](CC[C@@H](C3)C1)C2. The maximum absolute atomic E-state index is 13.1. The highest BCUT2D eigenvalue weighted by Crippen LogP contribution is 2.58. The minimum absolute atomic E-state index is 0.0321. The molecule has 0 N–H and O–H groups in total. The van der Waals surface area contributed by atoms with E-state index in [4.69, 9.17) is 4.74 Å². The molecular formula is C16H25NO2. The Morgan fingerprint density at radius 1 is 0.947 bits per heavy atom. The highest BCUT2D eigenvalue weighted by molar-refractivity contribution is 5.83. The van der Waals surface area contributed by atoms with E-state index >= 15 is 0 Å². The molecule has 3 nitrogen and oxygen atoms in total. The topological polar surface area (TPSA) is 29.5 Å². The molecule has 5 fully saturated rings. The molecule has 4 aliphatic carbocycles. The zero-order valence-electron chi connectivity index (χ0n) is 11.8. The van der Waals surface area contributed by atoms with Crippen molar-refractivity contribution in [1.29, 1.82) is 0 Å². The Balaban J connectivity index is 1.59. The second kappa shape index (κ2) is 4.47. The highest BCUT2D eigenvalue weighted by atomic mass is 16.5. The minimum Gasteiger partial charge on any atom is -0.378 e. The molecule has 1 aliphatic heterocycles. The van der Waals surface area contributed by atoms with Gasteiger partial charge in [0.15, 0.2) is 0 Å². The summed E-state index contributed by atoms with van der Waals surface area (Å²) in [6.45, 7) is 3.11. The molecule has 0 aromatic heterocycles.